The van der Waals surface area contributed by atoms with Gasteiger partial charge in [-0.1, -0.05) is 30.3 Å². The molecule has 2 aromatic carbocycles. The van der Waals surface area contributed by atoms with E-state index in [1.54, 1.807) is 4.90 Å². The van der Waals surface area contributed by atoms with Crippen molar-refractivity contribution in [3.8, 4) is 0 Å². The second kappa shape index (κ2) is 8.09. The monoisotopic (exact) mass is 375 g/mol. The summed E-state index contributed by atoms with van der Waals surface area (Å²) in [5.74, 6) is 0.213. The highest BCUT2D eigenvalue weighted by atomic mass is 16.2. The Morgan fingerprint density at radius 2 is 1.82 bits per heavy atom. The summed E-state index contributed by atoms with van der Waals surface area (Å²) in [6.07, 6.45) is 6.93. The predicted octanol–water partition coefficient (Wildman–Crippen LogP) is 3.78. The van der Waals surface area contributed by atoms with Crippen molar-refractivity contribution in [3.05, 3.63) is 71.4 Å². The third kappa shape index (κ3) is 4.06. The fourth-order valence-corrected chi connectivity index (χ4v) is 4.13. The minimum Gasteiger partial charge on any atom is -0.374 e. The third-order valence-corrected chi connectivity index (χ3v) is 5.84. The van der Waals surface area contributed by atoms with Gasteiger partial charge in [-0.25, -0.2) is 0 Å². The van der Waals surface area contributed by atoms with Gasteiger partial charge in [-0.2, -0.15) is 0 Å². The Labute approximate surface area is 168 Å². The number of fused-ring (bicyclic) bond motifs is 1. The maximum absolute atomic E-state index is 11.8. The molecule has 1 saturated heterocycles. The predicted molar refractivity (Wildman–Crippen MR) is 116 cm³/mol. The van der Waals surface area contributed by atoms with Crippen molar-refractivity contribution in [2.24, 2.45) is 0 Å². The Kier molecular flexibility index (Phi) is 5.38. The summed E-state index contributed by atoms with van der Waals surface area (Å²) in [6.45, 7) is 6.39. The third-order valence-electron chi connectivity index (χ3n) is 5.84. The molecule has 0 N–H and O–H groups in total. The zero-order chi connectivity index (χ0) is 19.5. The average molecular weight is 376 g/mol. The van der Waals surface area contributed by atoms with Crippen LogP contribution in [0.3, 0.4) is 0 Å². The lowest BCUT2D eigenvalue weighted by molar-refractivity contribution is -0.118. The van der Waals surface area contributed by atoms with E-state index in [1.165, 1.54) is 22.4 Å². The lowest BCUT2D eigenvalue weighted by Gasteiger charge is -2.35. The Bertz CT molecular complexity index is 881. The van der Waals surface area contributed by atoms with Gasteiger partial charge in [0.2, 0.25) is 5.91 Å². The maximum atomic E-state index is 11.8. The van der Waals surface area contributed by atoms with Crippen molar-refractivity contribution in [3.63, 3.8) is 0 Å². The largest absolute Gasteiger partial charge is 0.374 e. The van der Waals surface area contributed by atoms with E-state index < -0.39 is 0 Å². The van der Waals surface area contributed by atoms with Crippen LogP contribution >= 0.6 is 0 Å². The van der Waals surface area contributed by atoms with Crippen molar-refractivity contribution in [2.75, 3.05) is 43.0 Å². The van der Waals surface area contributed by atoms with Crippen LogP contribution in [0, 0.1) is 6.92 Å². The molecule has 0 unspecified atom stereocenters. The second-order valence-electron chi connectivity index (χ2n) is 7.87. The second-order valence-corrected chi connectivity index (χ2v) is 7.87. The van der Waals surface area contributed by atoms with E-state index in [0.717, 1.165) is 44.7 Å². The summed E-state index contributed by atoms with van der Waals surface area (Å²) < 4.78 is 0. The number of piperazine rings is 1. The van der Waals surface area contributed by atoms with Gasteiger partial charge >= 0.3 is 0 Å². The lowest BCUT2D eigenvalue weighted by Crippen LogP contribution is -2.44. The minimum atomic E-state index is 0.213. The quantitative estimate of drug-likeness (QED) is 0.814. The van der Waals surface area contributed by atoms with Gasteiger partial charge in [0.15, 0.2) is 0 Å². The first-order valence-electron chi connectivity index (χ1n) is 10.2. The van der Waals surface area contributed by atoms with Crippen molar-refractivity contribution in [1.82, 2.24) is 4.90 Å². The molecule has 1 fully saturated rings. The van der Waals surface area contributed by atoms with Crippen LogP contribution in [0.15, 0.2) is 54.7 Å². The summed E-state index contributed by atoms with van der Waals surface area (Å²) in [5.41, 5.74) is 6.33. The van der Waals surface area contributed by atoms with Gasteiger partial charge in [0.05, 0.1) is 0 Å². The Hall–Kier alpha value is -2.75. The van der Waals surface area contributed by atoms with E-state index in [9.17, 15) is 4.79 Å². The molecule has 4 rings (SSSR count). The van der Waals surface area contributed by atoms with Gasteiger partial charge in [-0.05, 0) is 60.9 Å². The summed E-state index contributed by atoms with van der Waals surface area (Å²) in [4.78, 5) is 18.5. The number of amides is 1. The summed E-state index contributed by atoms with van der Waals surface area (Å²) in [6, 6.07) is 15.3. The first kappa shape index (κ1) is 18.6. The van der Waals surface area contributed by atoms with Crippen LogP contribution in [0.1, 0.15) is 23.1 Å². The zero-order valence-corrected chi connectivity index (χ0v) is 16.9. The zero-order valence-electron chi connectivity index (χ0n) is 16.9. The van der Waals surface area contributed by atoms with Crippen molar-refractivity contribution in [2.45, 2.75) is 26.2 Å². The topological polar surface area (TPSA) is 26.8 Å². The molecule has 2 heterocycles. The maximum Gasteiger partial charge on any atom is 0.227 e. The molecule has 0 saturated carbocycles. The molecule has 1 amide bonds. The number of carbonyl (C=O) groups excluding carboxylic acids is 1. The number of carbonyl (C=O) groups is 1. The van der Waals surface area contributed by atoms with Crippen molar-refractivity contribution >= 4 is 17.3 Å². The summed E-state index contributed by atoms with van der Waals surface area (Å²) in [7, 11) is 1.87. The first-order valence-corrected chi connectivity index (χ1v) is 10.2. The van der Waals surface area contributed by atoms with Crippen LogP contribution in [-0.2, 0) is 17.6 Å². The number of rotatable bonds is 4. The van der Waals surface area contributed by atoms with Gasteiger partial charge < -0.3 is 14.7 Å². The highest BCUT2D eigenvalue weighted by Gasteiger charge is 2.20. The minimum absolute atomic E-state index is 0.213. The molecule has 2 aliphatic rings. The van der Waals surface area contributed by atoms with Gasteiger partial charge in [0.25, 0.3) is 0 Å². The molecular formula is C24H29N3O. The average Bonchev–Trinajstić information content (AvgIpc) is 2.71. The Balaban J connectivity index is 1.31. The Morgan fingerprint density at radius 3 is 2.61 bits per heavy atom. The molecule has 4 nitrogen and oxygen atoms in total. The van der Waals surface area contributed by atoms with Crippen LogP contribution in [0.5, 0.6) is 0 Å². The lowest BCUT2D eigenvalue weighted by atomic mass is 9.98. The van der Waals surface area contributed by atoms with Crippen LogP contribution in [-0.4, -0.2) is 44.0 Å². The van der Waals surface area contributed by atoms with Crippen LogP contribution in [0.25, 0.3) is 0 Å². The molecule has 0 atom stereocenters. The molecule has 4 heteroatoms. The number of hydrogen-bond acceptors (Lipinski definition) is 3. The summed E-state index contributed by atoms with van der Waals surface area (Å²) in [5, 5.41) is 0. The van der Waals surface area contributed by atoms with Gasteiger partial charge in [-0.3, -0.25) is 4.79 Å². The van der Waals surface area contributed by atoms with Crippen LogP contribution in [0.4, 0.5) is 11.4 Å². The number of nitrogens with zero attached hydrogens (tertiary/aromatic N) is 3. The molecule has 2 aliphatic heterocycles. The van der Waals surface area contributed by atoms with E-state index in [1.807, 2.05) is 7.05 Å². The van der Waals surface area contributed by atoms with Crippen LogP contribution in [0.2, 0.25) is 0 Å². The van der Waals surface area contributed by atoms with Gasteiger partial charge in [-0.15, -0.1) is 0 Å². The van der Waals surface area contributed by atoms with E-state index in [2.05, 4.69) is 71.5 Å². The van der Waals surface area contributed by atoms with Crippen LogP contribution < -0.4 is 9.80 Å². The molecule has 0 aromatic heterocycles. The van der Waals surface area contributed by atoms with Crippen molar-refractivity contribution in [1.29, 1.82) is 0 Å². The van der Waals surface area contributed by atoms with E-state index in [-0.39, 0.29) is 5.91 Å². The molecule has 0 bridgehead atoms. The highest BCUT2D eigenvalue weighted by Crippen LogP contribution is 2.27. The number of benzene rings is 2. The molecule has 146 valence electrons. The molecule has 0 spiro atoms. The normalized spacial score (nSPS) is 17.4. The summed E-state index contributed by atoms with van der Waals surface area (Å²) >= 11 is 0. The van der Waals surface area contributed by atoms with Crippen molar-refractivity contribution < 1.29 is 4.79 Å². The number of aryl methyl sites for hydroxylation is 2. The molecule has 0 aliphatic carbocycles. The SMILES string of the molecule is Cc1cccc(N2CCN(/C=C/Cc3ccc4c(c3)CCC(=O)N4C)CC2)c1. The van der Waals surface area contributed by atoms with E-state index in [0.29, 0.717) is 6.42 Å². The molecule has 28 heavy (non-hydrogen) atoms. The number of allylic oxidation sites excluding steroid dienone is 1. The first-order chi connectivity index (χ1) is 13.6. The van der Waals surface area contributed by atoms with E-state index in [4.69, 9.17) is 0 Å². The number of anilines is 2. The molecular weight excluding hydrogens is 346 g/mol. The van der Waals surface area contributed by atoms with Gasteiger partial charge in [0, 0.05) is 51.0 Å². The molecule has 0 radical (unpaired) electrons. The smallest absolute Gasteiger partial charge is 0.227 e. The number of hydrogen-bond donors (Lipinski definition) is 0. The fourth-order valence-electron chi connectivity index (χ4n) is 4.13. The Morgan fingerprint density at radius 1 is 1.00 bits per heavy atom. The molecule has 2 aromatic rings. The van der Waals surface area contributed by atoms with E-state index >= 15 is 0 Å². The highest BCUT2D eigenvalue weighted by molar-refractivity contribution is 5.95. The standard InChI is InChI=1S/C24H29N3O/c1-19-5-3-7-22(17-19)27-15-13-26(14-16-27)12-4-6-20-8-10-23-21(18-20)9-11-24(28)25(23)2/h3-5,7-8,10,12,17-18H,6,9,11,13-16H2,1-2H3/b12-4+. The fraction of sp³-hybridized carbons (Fsp3) is 0.375. The van der Waals surface area contributed by atoms with Gasteiger partial charge in [0.1, 0.15) is 0 Å².